The van der Waals surface area contributed by atoms with E-state index in [0.29, 0.717) is 28.5 Å². The van der Waals surface area contributed by atoms with Crippen molar-refractivity contribution in [2.75, 3.05) is 24.8 Å². The zero-order valence-corrected chi connectivity index (χ0v) is 21.7. The van der Waals surface area contributed by atoms with Gasteiger partial charge in [-0.05, 0) is 38.8 Å². The summed E-state index contributed by atoms with van der Waals surface area (Å²) in [6, 6.07) is 6.78. The predicted octanol–water partition coefficient (Wildman–Crippen LogP) is 3.21. The summed E-state index contributed by atoms with van der Waals surface area (Å²) >= 11 is 0. The second kappa shape index (κ2) is 10.5. The summed E-state index contributed by atoms with van der Waals surface area (Å²) in [5, 5.41) is 16.0. The fourth-order valence-electron chi connectivity index (χ4n) is 3.47. The molecule has 2 amide bonds. The first kappa shape index (κ1) is 25.9. The van der Waals surface area contributed by atoms with E-state index in [-0.39, 0.29) is 33.5 Å². The van der Waals surface area contributed by atoms with Gasteiger partial charge in [0.05, 0.1) is 38.7 Å². The molecule has 1 aromatic carbocycles. The molecule has 1 atom stereocenters. The molecule has 0 radical (unpaired) electrons. The molecule has 2 heterocycles. The number of carbonyl (C=O) groups is 2. The minimum atomic E-state index is -3.02. The van der Waals surface area contributed by atoms with Crippen molar-refractivity contribution in [3.05, 3.63) is 42.4 Å². The van der Waals surface area contributed by atoms with Crippen molar-refractivity contribution in [2.24, 2.45) is 5.92 Å². The molecule has 194 valence electrons. The lowest BCUT2D eigenvalue weighted by Crippen LogP contribution is -2.22. The van der Waals surface area contributed by atoms with E-state index in [0.717, 1.165) is 12.8 Å². The molecule has 13 heteroatoms. The molecule has 0 bridgehead atoms. The Labute approximate surface area is 214 Å². The second-order valence-corrected chi connectivity index (χ2v) is 11.4. The molecule has 1 aliphatic carbocycles. The number of anilines is 3. The van der Waals surface area contributed by atoms with Crippen molar-refractivity contribution in [1.82, 2.24) is 25.5 Å². The van der Waals surface area contributed by atoms with Gasteiger partial charge in [0.2, 0.25) is 5.91 Å². The summed E-state index contributed by atoms with van der Waals surface area (Å²) in [6.45, 7) is 3.43. The van der Waals surface area contributed by atoms with Crippen LogP contribution >= 0.6 is 0 Å². The first-order chi connectivity index (χ1) is 17.6. The van der Waals surface area contributed by atoms with Gasteiger partial charge in [-0.15, -0.1) is 10.2 Å². The van der Waals surface area contributed by atoms with E-state index < -0.39 is 15.6 Å². The third-order valence-corrected chi connectivity index (χ3v) is 8.05. The fraction of sp³-hybridized carbons (Fsp3) is 0.333. The van der Waals surface area contributed by atoms with Crippen molar-refractivity contribution < 1.29 is 18.5 Å². The molecule has 1 saturated carbocycles. The monoisotopic (exact) mass is 524 g/mol. The summed E-state index contributed by atoms with van der Waals surface area (Å²) in [5.41, 5.74) is 1.35. The van der Waals surface area contributed by atoms with Gasteiger partial charge in [-0.3, -0.25) is 9.59 Å². The van der Waals surface area contributed by atoms with Crippen LogP contribution in [0, 0.1) is 10.7 Å². The minimum Gasteiger partial charge on any atom is -0.494 e. The van der Waals surface area contributed by atoms with Crippen LogP contribution in [0.15, 0.2) is 41.6 Å². The Kier molecular flexibility index (Phi) is 7.34. The summed E-state index contributed by atoms with van der Waals surface area (Å²) in [5.74, 6) is 0.276. The Morgan fingerprint density at radius 3 is 2.43 bits per heavy atom. The Morgan fingerprint density at radius 1 is 1.14 bits per heavy atom. The molecule has 3 aromatic rings. The van der Waals surface area contributed by atoms with Gasteiger partial charge in [0.25, 0.3) is 5.91 Å². The predicted molar refractivity (Wildman–Crippen MR) is 138 cm³/mol. The second-order valence-electron chi connectivity index (χ2n) is 8.74. The molecule has 4 rings (SSSR count). The molecule has 2 aromatic heterocycles. The van der Waals surface area contributed by atoms with Crippen LogP contribution < -0.4 is 20.7 Å². The van der Waals surface area contributed by atoms with E-state index in [4.69, 9.17) is 9.52 Å². The first-order valence-corrected chi connectivity index (χ1v) is 13.2. The van der Waals surface area contributed by atoms with Crippen molar-refractivity contribution in [1.29, 1.82) is 4.78 Å². The maximum atomic E-state index is 12.6. The molecule has 37 heavy (non-hydrogen) atoms. The maximum absolute atomic E-state index is 12.6. The fourth-order valence-corrected chi connectivity index (χ4v) is 4.43. The van der Waals surface area contributed by atoms with Gasteiger partial charge in [-0.25, -0.2) is 19.0 Å². The van der Waals surface area contributed by atoms with Crippen LogP contribution in [0.5, 0.6) is 5.75 Å². The Bertz CT molecular complexity index is 1440. The number of aromatic nitrogens is 4. The Hall–Kier alpha value is -4.13. The largest absolute Gasteiger partial charge is 0.494 e. The lowest BCUT2D eigenvalue weighted by Gasteiger charge is -2.17. The summed E-state index contributed by atoms with van der Waals surface area (Å²) < 4.78 is 26.4. The average molecular weight is 525 g/mol. The molecule has 1 aliphatic rings. The van der Waals surface area contributed by atoms with Crippen LogP contribution in [0.25, 0.3) is 11.4 Å². The smallest absolute Gasteiger partial charge is 0.273 e. The van der Waals surface area contributed by atoms with E-state index in [2.05, 4.69) is 36.1 Å². The van der Waals surface area contributed by atoms with E-state index >= 15 is 0 Å². The van der Waals surface area contributed by atoms with Crippen LogP contribution in [-0.4, -0.2) is 55.6 Å². The van der Waals surface area contributed by atoms with E-state index in [1.807, 2.05) is 0 Å². The number of nitrogens with zero attached hydrogens (tertiary/aromatic N) is 4. The zero-order chi connectivity index (χ0) is 26.7. The van der Waals surface area contributed by atoms with Crippen molar-refractivity contribution in [3.8, 4) is 17.1 Å². The summed E-state index contributed by atoms with van der Waals surface area (Å²) in [6.07, 6.45) is 4.46. The molecule has 1 fully saturated rings. The highest BCUT2D eigenvalue weighted by atomic mass is 32.2. The molecule has 0 spiro atoms. The van der Waals surface area contributed by atoms with Crippen LogP contribution in [-0.2, 0) is 14.5 Å². The summed E-state index contributed by atoms with van der Waals surface area (Å²) in [4.78, 5) is 33.6. The quantitative estimate of drug-likeness (QED) is 0.328. The third-order valence-electron chi connectivity index (χ3n) is 5.81. The normalized spacial score (nSPS) is 14.5. The van der Waals surface area contributed by atoms with Gasteiger partial charge >= 0.3 is 0 Å². The van der Waals surface area contributed by atoms with Gasteiger partial charge in [0, 0.05) is 36.7 Å². The Balaban J connectivity index is 1.70. The van der Waals surface area contributed by atoms with Gasteiger partial charge in [0.1, 0.15) is 0 Å². The first-order valence-electron chi connectivity index (χ1n) is 11.6. The topological polar surface area (TPSA) is 172 Å². The zero-order valence-electron chi connectivity index (χ0n) is 20.9. The SMILES string of the molecule is CNC(=O)c1nnc(NC(=O)C2CC2)cc1Nc1cccc(-c2ncc([S@](=N)(=O)C(C)C)cn2)c1OC. The molecular formula is C24H28N8O4S. The van der Waals surface area contributed by atoms with Crippen molar-refractivity contribution >= 4 is 38.7 Å². The number of methoxy groups -OCH3 is 1. The van der Waals surface area contributed by atoms with E-state index in [9.17, 15) is 13.8 Å². The van der Waals surface area contributed by atoms with Gasteiger partial charge < -0.3 is 20.7 Å². The van der Waals surface area contributed by atoms with Crippen LogP contribution in [0.1, 0.15) is 37.2 Å². The number of carbonyl (C=O) groups excluding carboxylic acids is 2. The van der Waals surface area contributed by atoms with E-state index in [1.54, 1.807) is 32.0 Å². The maximum Gasteiger partial charge on any atom is 0.273 e. The molecule has 4 N–H and O–H groups in total. The third kappa shape index (κ3) is 5.50. The Morgan fingerprint density at radius 2 is 1.84 bits per heavy atom. The molecule has 0 saturated heterocycles. The van der Waals surface area contributed by atoms with Crippen LogP contribution in [0.4, 0.5) is 17.2 Å². The highest BCUT2D eigenvalue weighted by Crippen LogP contribution is 2.37. The molecule has 0 aliphatic heterocycles. The minimum absolute atomic E-state index is 0.0241. The number of benzene rings is 1. The van der Waals surface area contributed by atoms with Crippen molar-refractivity contribution in [3.63, 3.8) is 0 Å². The highest BCUT2D eigenvalue weighted by molar-refractivity contribution is 7.93. The van der Waals surface area contributed by atoms with E-state index in [1.165, 1.54) is 32.6 Å². The van der Waals surface area contributed by atoms with Crippen LogP contribution in [0.2, 0.25) is 0 Å². The van der Waals surface area contributed by atoms with Gasteiger partial charge in [-0.1, -0.05) is 6.07 Å². The van der Waals surface area contributed by atoms with Gasteiger partial charge in [0.15, 0.2) is 23.1 Å². The molecular weight excluding hydrogens is 496 g/mol. The number of para-hydroxylation sites is 1. The number of rotatable bonds is 9. The number of ether oxygens (including phenoxy) is 1. The average Bonchev–Trinajstić information content (AvgIpc) is 3.74. The highest BCUT2D eigenvalue weighted by Gasteiger charge is 2.30. The van der Waals surface area contributed by atoms with Gasteiger partial charge in [-0.2, -0.15) is 0 Å². The lowest BCUT2D eigenvalue weighted by molar-refractivity contribution is -0.117. The number of hydrogen-bond donors (Lipinski definition) is 4. The van der Waals surface area contributed by atoms with Crippen molar-refractivity contribution in [2.45, 2.75) is 36.8 Å². The summed E-state index contributed by atoms with van der Waals surface area (Å²) in [7, 11) is -0.0545. The van der Waals surface area contributed by atoms with Crippen LogP contribution in [0.3, 0.4) is 0 Å². The number of amides is 2. The molecule has 12 nitrogen and oxygen atoms in total. The lowest BCUT2D eigenvalue weighted by atomic mass is 10.1. The number of nitrogens with one attached hydrogen (secondary N) is 4. The number of hydrogen-bond acceptors (Lipinski definition) is 10. The standard InChI is InChI=1S/C24H28N8O4S/c1-13(2)37(25,35)15-11-27-22(28-12-15)16-6-5-7-17(21(16)36-4)29-18-10-19(30-23(33)14-8-9-14)31-32-20(18)24(34)26-3/h5-7,10-14,25H,8-9H2,1-4H3,(H,26,34)(H2,29,30,31,33)/t37-/m1/s1. The molecule has 0 unspecified atom stereocenters.